The van der Waals surface area contributed by atoms with Crippen molar-refractivity contribution in [2.24, 2.45) is 0 Å². The fraction of sp³-hybridized carbons (Fsp3) is 0.385. The molecule has 0 N–H and O–H groups in total. The molecule has 0 saturated carbocycles. The number of rotatable bonds is 14. The Morgan fingerprint density at radius 1 is 0.500 bits per heavy atom. The maximum Gasteiger partial charge on any atom is 0.0700 e. The lowest BCUT2D eigenvalue weighted by molar-refractivity contribution is 0.0569. The van der Waals surface area contributed by atoms with E-state index in [2.05, 4.69) is 112 Å². The van der Waals surface area contributed by atoms with Crippen LogP contribution in [0.25, 0.3) is 0 Å². The van der Waals surface area contributed by atoms with Crippen molar-refractivity contribution in [3.8, 4) is 0 Å². The van der Waals surface area contributed by atoms with Crippen molar-refractivity contribution in [1.82, 2.24) is 4.90 Å². The number of ether oxygens (including phenoxy) is 2. The second kappa shape index (κ2) is 15.4. The van der Waals surface area contributed by atoms with Crippen LogP contribution in [0.4, 0.5) is 22.7 Å². The van der Waals surface area contributed by atoms with Crippen molar-refractivity contribution in [3.05, 3.63) is 119 Å². The first-order chi connectivity index (χ1) is 21.8. The van der Waals surface area contributed by atoms with Gasteiger partial charge in [-0.1, -0.05) is 72.8 Å². The molecule has 0 bridgehead atoms. The average molecular weight is 590 g/mol. The van der Waals surface area contributed by atoms with Gasteiger partial charge in [-0.25, -0.2) is 0 Å². The van der Waals surface area contributed by atoms with Crippen LogP contribution < -0.4 is 9.80 Å². The minimum atomic E-state index is 0.640. The monoisotopic (exact) mass is 589 g/mol. The smallest absolute Gasteiger partial charge is 0.0700 e. The fourth-order valence-corrected chi connectivity index (χ4v) is 6.90. The van der Waals surface area contributed by atoms with E-state index in [4.69, 9.17) is 9.47 Å². The summed E-state index contributed by atoms with van der Waals surface area (Å²) in [4.78, 5) is 7.74. The Morgan fingerprint density at radius 2 is 0.886 bits per heavy atom. The summed E-state index contributed by atoms with van der Waals surface area (Å²) < 4.78 is 11.1. The van der Waals surface area contributed by atoms with Crippen molar-refractivity contribution >= 4 is 22.7 Å². The van der Waals surface area contributed by atoms with E-state index >= 15 is 0 Å². The number of hydrogen-bond donors (Lipinski definition) is 0. The Balaban J connectivity index is 1.13. The molecule has 0 amide bonds. The second-order valence-electron chi connectivity index (χ2n) is 12.0. The van der Waals surface area contributed by atoms with Crippen LogP contribution in [0.15, 0.2) is 97.1 Å². The molecular weight excluding hydrogens is 542 g/mol. The van der Waals surface area contributed by atoms with Gasteiger partial charge in [0.25, 0.3) is 0 Å². The van der Waals surface area contributed by atoms with E-state index in [1.54, 1.807) is 7.11 Å². The average Bonchev–Trinajstić information content (AvgIpc) is 3.33. The van der Waals surface area contributed by atoms with Crippen molar-refractivity contribution < 1.29 is 9.47 Å². The molecule has 4 aromatic rings. The third-order valence-electron chi connectivity index (χ3n) is 9.15. The lowest BCUT2D eigenvalue weighted by Crippen LogP contribution is -2.34. The highest BCUT2D eigenvalue weighted by Crippen LogP contribution is 2.37. The zero-order chi connectivity index (χ0) is 30.0. The van der Waals surface area contributed by atoms with Crippen LogP contribution in [-0.2, 0) is 35.2 Å². The Hall–Kier alpha value is -3.64. The van der Waals surface area contributed by atoms with Gasteiger partial charge in [-0.15, -0.1) is 0 Å². The standard InChI is InChI=1S/C39H47N3O2/c1-43-30-31-44-29-28-40(24-10-26-41-36-16-6-2-12-32(36)20-21-33-13-3-7-17-37(33)41)25-11-27-42-38-18-8-4-14-34(38)22-23-35-15-5-9-19-39(35)42/h2-9,12-19H,10-11,20-31H2,1H3. The molecule has 0 saturated heterocycles. The molecule has 0 aliphatic carbocycles. The van der Waals surface area contributed by atoms with Crippen molar-refractivity contribution in [1.29, 1.82) is 0 Å². The molecule has 5 heteroatoms. The van der Waals surface area contributed by atoms with Gasteiger partial charge >= 0.3 is 0 Å². The maximum absolute atomic E-state index is 5.93. The van der Waals surface area contributed by atoms with Gasteiger partial charge in [0.2, 0.25) is 0 Å². The van der Waals surface area contributed by atoms with Crippen LogP contribution in [0.1, 0.15) is 35.1 Å². The quantitative estimate of drug-likeness (QED) is 0.141. The van der Waals surface area contributed by atoms with Crippen LogP contribution in [-0.4, -0.2) is 64.6 Å². The van der Waals surface area contributed by atoms with E-state index in [1.807, 2.05) is 0 Å². The summed E-state index contributed by atoms with van der Waals surface area (Å²) in [6.45, 7) is 7.04. The fourth-order valence-electron chi connectivity index (χ4n) is 6.90. The highest BCUT2D eigenvalue weighted by molar-refractivity contribution is 5.72. The maximum atomic E-state index is 5.93. The number of para-hydroxylation sites is 4. The van der Waals surface area contributed by atoms with Crippen molar-refractivity contribution in [2.75, 3.05) is 69.5 Å². The van der Waals surface area contributed by atoms with Gasteiger partial charge in [-0.05, 0) is 98.1 Å². The third-order valence-corrected chi connectivity index (χ3v) is 9.15. The summed E-state index contributed by atoms with van der Waals surface area (Å²) in [7, 11) is 1.73. The zero-order valence-corrected chi connectivity index (χ0v) is 26.3. The minimum Gasteiger partial charge on any atom is -0.382 e. The number of hydrogen-bond acceptors (Lipinski definition) is 5. The zero-order valence-electron chi connectivity index (χ0n) is 26.3. The third kappa shape index (κ3) is 7.35. The Morgan fingerprint density at radius 3 is 1.27 bits per heavy atom. The highest BCUT2D eigenvalue weighted by atomic mass is 16.5. The molecule has 0 fully saturated rings. The van der Waals surface area contributed by atoms with E-state index in [9.17, 15) is 0 Å². The van der Waals surface area contributed by atoms with Gasteiger partial charge in [0.1, 0.15) is 0 Å². The summed E-state index contributed by atoms with van der Waals surface area (Å²) in [5.74, 6) is 0. The number of fused-ring (bicyclic) bond motifs is 4. The number of aryl methyl sites for hydroxylation is 4. The van der Waals surface area contributed by atoms with Crippen molar-refractivity contribution in [2.45, 2.75) is 38.5 Å². The van der Waals surface area contributed by atoms with Crippen LogP contribution in [0.5, 0.6) is 0 Å². The van der Waals surface area contributed by atoms with Crippen LogP contribution in [0, 0.1) is 0 Å². The summed E-state index contributed by atoms with van der Waals surface area (Å²) in [5.41, 5.74) is 11.3. The first kappa shape index (κ1) is 30.4. The lowest BCUT2D eigenvalue weighted by atomic mass is 10.0. The molecule has 5 nitrogen and oxygen atoms in total. The van der Waals surface area contributed by atoms with Gasteiger partial charge in [0.05, 0.1) is 19.8 Å². The number of anilines is 4. The molecule has 0 atom stereocenters. The summed E-state index contributed by atoms with van der Waals surface area (Å²) in [5, 5.41) is 0. The predicted molar refractivity (Wildman–Crippen MR) is 183 cm³/mol. The largest absolute Gasteiger partial charge is 0.382 e. The molecule has 2 heterocycles. The predicted octanol–water partition coefficient (Wildman–Crippen LogP) is 7.61. The Labute approximate surface area is 264 Å². The topological polar surface area (TPSA) is 28.2 Å². The summed E-state index contributed by atoms with van der Waals surface area (Å²) in [6.07, 6.45) is 6.57. The van der Waals surface area contributed by atoms with E-state index in [0.717, 1.165) is 77.9 Å². The summed E-state index contributed by atoms with van der Waals surface area (Å²) in [6, 6.07) is 35.9. The Bertz CT molecular complexity index is 1290. The van der Waals surface area contributed by atoms with Gasteiger partial charge in [0.15, 0.2) is 0 Å². The van der Waals surface area contributed by atoms with Crippen LogP contribution >= 0.6 is 0 Å². The van der Waals surface area contributed by atoms with E-state index in [1.165, 1.54) is 45.0 Å². The van der Waals surface area contributed by atoms with Crippen molar-refractivity contribution in [3.63, 3.8) is 0 Å². The van der Waals surface area contributed by atoms with Gasteiger partial charge in [-0.2, -0.15) is 0 Å². The highest BCUT2D eigenvalue weighted by Gasteiger charge is 2.22. The van der Waals surface area contributed by atoms with Crippen LogP contribution in [0.3, 0.4) is 0 Å². The molecule has 44 heavy (non-hydrogen) atoms. The molecule has 0 spiro atoms. The van der Waals surface area contributed by atoms with Crippen LogP contribution in [0.2, 0.25) is 0 Å². The van der Waals surface area contributed by atoms with E-state index in [-0.39, 0.29) is 0 Å². The Kier molecular flexibility index (Phi) is 10.6. The first-order valence-corrected chi connectivity index (χ1v) is 16.5. The molecule has 6 rings (SSSR count). The molecular formula is C39H47N3O2. The molecule has 0 aromatic heterocycles. The molecule has 4 aromatic carbocycles. The number of methoxy groups -OCH3 is 1. The van der Waals surface area contributed by atoms with E-state index in [0.29, 0.717) is 13.2 Å². The van der Waals surface area contributed by atoms with Gasteiger partial charge in [0, 0.05) is 49.5 Å². The number of nitrogens with zero attached hydrogens (tertiary/aromatic N) is 3. The molecule has 0 radical (unpaired) electrons. The molecule has 2 aliphatic heterocycles. The lowest BCUT2D eigenvalue weighted by Gasteiger charge is -2.30. The molecule has 230 valence electrons. The van der Waals surface area contributed by atoms with E-state index < -0.39 is 0 Å². The summed E-state index contributed by atoms with van der Waals surface area (Å²) >= 11 is 0. The normalized spacial score (nSPS) is 14.0. The molecule has 0 unspecified atom stereocenters. The minimum absolute atomic E-state index is 0.640. The second-order valence-corrected chi connectivity index (χ2v) is 12.0. The number of benzene rings is 4. The SMILES string of the molecule is COCCOCCN(CCCN1c2ccccc2CCc2ccccc21)CCCN1c2ccccc2CCc2ccccc21. The van der Waals surface area contributed by atoms with Gasteiger partial charge in [-0.3, -0.25) is 0 Å². The molecule has 2 aliphatic rings. The first-order valence-electron chi connectivity index (χ1n) is 16.5. The van der Waals surface area contributed by atoms with Gasteiger partial charge < -0.3 is 24.2 Å².